The minimum Gasteiger partial charge on any atom is -0.358 e. The Morgan fingerprint density at radius 2 is 1.60 bits per heavy atom. The van der Waals surface area contributed by atoms with Crippen LogP contribution in [0.5, 0.6) is 0 Å². The van der Waals surface area contributed by atoms with Gasteiger partial charge in [0, 0.05) is 6.04 Å². The Labute approximate surface area is 82.4 Å². The summed E-state index contributed by atoms with van der Waals surface area (Å²) in [6.45, 7) is -0.620. The second kappa shape index (κ2) is 5.02. The molecule has 0 radical (unpaired) electrons. The number of rotatable bonds is 4. The fourth-order valence-electron chi connectivity index (χ4n) is 0.859. The molecular formula is C7H11F6NO. The van der Waals surface area contributed by atoms with E-state index in [-0.39, 0.29) is 6.42 Å². The van der Waals surface area contributed by atoms with Gasteiger partial charge in [-0.05, 0) is 6.42 Å². The summed E-state index contributed by atoms with van der Waals surface area (Å²) >= 11 is 0. The maximum atomic E-state index is 12.2. The Bertz CT molecular complexity index is 189. The van der Waals surface area contributed by atoms with Gasteiger partial charge in [-0.15, -0.1) is 0 Å². The lowest BCUT2D eigenvalue weighted by Gasteiger charge is -2.25. The predicted molar refractivity (Wildman–Crippen MR) is 40.1 cm³/mol. The molecule has 0 aromatic carbocycles. The van der Waals surface area contributed by atoms with E-state index in [4.69, 9.17) is 5.73 Å². The van der Waals surface area contributed by atoms with Crippen molar-refractivity contribution >= 4 is 0 Å². The molecule has 0 aliphatic heterocycles. The normalized spacial score (nSPS) is 17.6. The lowest BCUT2D eigenvalue weighted by Crippen LogP contribution is -2.47. The molecule has 0 aromatic heterocycles. The average Bonchev–Trinajstić information content (AvgIpc) is 1.99. The van der Waals surface area contributed by atoms with Gasteiger partial charge in [-0.2, -0.15) is 26.3 Å². The zero-order chi connectivity index (χ0) is 12.3. The lowest BCUT2D eigenvalue weighted by molar-refractivity contribution is -0.259. The molecule has 0 saturated carbocycles. The van der Waals surface area contributed by atoms with Gasteiger partial charge < -0.3 is 10.5 Å². The summed E-state index contributed by atoms with van der Waals surface area (Å²) in [5.41, 5.74) is 5.02. The molecule has 2 atom stereocenters. The second-order valence-corrected chi connectivity index (χ2v) is 2.96. The van der Waals surface area contributed by atoms with Gasteiger partial charge in [-0.3, -0.25) is 0 Å². The SMILES string of the molecule is CCC(N)C(OCC(F)(F)F)C(F)(F)F. The predicted octanol–water partition coefficient (Wildman–Crippen LogP) is 2.23. The first-order valence-electron chi connectivity index (χ1n) is 4.08. The van der Waals surface area contributed by atoms with Crippen molar-refractivity contribution in [3.05, 3.63) is 0 Å². The first-order valence-corrected chi connectivity index (χ1v) is 4.08. The van der Waals surface area contributed by atoms with Crippen LogP contribution in [0.4, 0.5) is 26.3 Å². The highest BCUT2D eigenvalue weighted by atomic mass is 19.4. The Morgan fingerprint density at radius 3 is 1.87 bits per heavy atom. The van der Waals surface area contributed by atoms with E-state index in [9.17, 15) is 26.3 Å². The van der Waals surface area contributed by atoms with Crippen LogP contribution in [0, 0.1) is 0 Å². The third kappa shape index (κ3) is 5.83. The maximum absolute atomic E-state index is 12.2. The van der Waals surface area contributed by atoms with Crippen LogP contribution in [-0.2, 0) is 4.74 Å². The van der Waals surface area contributed by atoms with Crippen LogP contribution in [0.25, 0.3) is 0 Å². The van der Waals surface area contributed by atoms with Crippen LogP contribution in [0.2, 0.25) is 0 Å². The highest BCUT2D eigenvalue weighted by Crippen LogP contribution is 2.27. The number of nitrogens with two attached hydrogens (primary N) is 1. The van der Waals surface area contributed by atoms with Crippen molar-refractivity contribution in [1.29, 1.82) is 0 Å². The third-order valence-corrected chi connectivity index (χ3v) is 1.61. The molecule has 0 amide bonds. The summed E-state index contributed by atoms with van der Waals surface area (Å²) < 4.78 is 75.1. The van der Waals surface area contributed by atoms with Gasteiger partial charge in [0.25, 0.3) is 0 Å². The first kappa shape index (κ1) is 14.5. The fraction of sp³-hybridized carbons (Fsp3) is 1.00. The quantitative estimate of drug-likeness (QED) is 0.763. The zero-order valence-corrected chi connectivity index (χ0v) is 7.82. The topological polar surface area (TPSA) is 35.2 Å². The highest BCUT2D eigenvalue weighted by molar-refractivity contribution is 4.79. The van der Waals surface area contributed by atoms with Crippen LogP contribution >= 0.6 is 0 Å². The molecule has 0 aliphatic rings. The van der Waals surface area contributed by atoms with E-state index in [1.807, 2.05) is 0 Å². The highest BCUT2D eigenvalue weighted by Gasteiger charge is 2.45. The maximum Gasteiger partial charge on any atom is 0.416 e. The van der Waals surface area contributed by atoms with Crippen molar-refractivity contribution < 1.29 is 31.1 Å². The standard InChI is InChI=1S/C7H11F6NO/c1-2-4(14)5(7(11,12)13)15-3-6(8,9)10/h4-5H,2-3,14H2,1H3. The van der Waals surface area contributed by atoms with Crippen LogP contribution < -0.4 is 5.73 Å². The number of alkyl halides is 6. The molecule has 0 rings (SSSR count). The van der Waals surface area contributed by atoms with Crippen molar-refractivity contribution in [2.45, 2.75) is 37.8 Å². The van der Waals surface area contributed by atoms with E-state index in [1.165, 1.54) is 6.92 Å². The fourth-order valence-corrected chi connectivity index (χ4v) is 0.859. The van der Waals surface area contributed by atoms with E-state index < -0.39 is 31.1 Å². The molecule has 92 valence electrons. The summed E-state index contributed by atoms with van der Waals surface area (Å²) in [6.07, 6.45) is -12.4. The minimum atomic E-state index is -4.89. The number of hydrogen-bond donors (Lipinski definition) is 1. The molecule has 0 aliphatic carbocycles. The van der Waals surface area contributed by atoms with Gasteiger partial charge in [0.15, 0.2) is 6.10 Å². The smallest absolute Gasteiger partial charge is 0.358 e. The largest absolute Gasteiger partial charge is 0.416 e. The zero-order valence-electron chi connectivity index (χ0n) is 7.82. The molecule has 2 N–H and O–H groups in total. The van der Waals surface area contributed by atoms with E-state index in [1.54, 1.807) is 0 Å². The Kier molecular flexibility index (Phi) is 4.85. The van der Waals surface area contributed by atoms with Gasteiger partial charge >= 0.3 is 12.4 Å². The first-order chi connectivity index (χ1) is 6.58. The number of hydrogen-bond acceptors (Lipinski definition) is 2. The number of ether oxygens (including phenoxy) is 1. The molecule has 0 aromatic rings. The molecule has 0 fully saturated rings. The van der Waals surface area contributed by atoms with Gasteiger partial charge in [0.05, 0.1) is 0 Å². The number of halogens is 6. The summed E-state index contributed by atoms with van der Waals surface area (Å²) in [6, 6.07) is -1.49. The van der Waals surface area contributed by atoms with Crippen molar-refractivity contribution in [1.82, 2.24) is 0 Å². The van der Waals surface area contributed by atoms with Crippen molar-refractivity contribution in [3.63, 3.8) is 0 Å². The molecule has 8 heteroatoms. The van der Waals surface area contributed by atoms with E-state index >= 15 is 0 Å². The monoisotopic (exact) mass is 239 g/mol. The lowest BCUT2D eigenvalue weighted by atomic mass is 10.1. The van der Waals surface area contributed by atoms with E-state index in [2.05, 4.69) is 4.74 Å². The van der Waals surface area contributed by atoms with Crippen molar-refractivity contribution in [3.8, 4) is 0 Å². The Balaban J connectivity index is 4.40. The van der Waals surface area contributed by atoms with E-state index in [0.29, 0.717) is 0 Å². The molecule has 2 unspecified atom stereocenters. The minimum absolute atomic E-state index is 0.123. The van der Waals surface area contributed by atoms with Crippen LogP contribution in [0.15, 0.2) is 0 Å². The summed E-state index contributed by atoms with van der Waals surface area (Å²) in [5, 5.41) is 0. The molecule has 0 spiro atoms. The van der Waals surface area contributed by atoms with Crippen LogP contribution in [0.1, 0.15) is 13.3 Å². The molecular weight excluding hydrogens is 228 g/mol. The molecule has 0 bridgehead atoms. The van der Waals surface area contributed by atoms with Gasteiger partial charge in [0.2, 0.25) is 0 Å². The molecule has 0 saturated heterocycles. The summed E-state index contributed by atoms with van der Waals surface area (Å²) in [7, 11) is 0. The third-order valence-electron chi connectivity index (χ3n) is 1.61. The molecule has 2 nitrogen and oxygen atoms in total. The van der Waals surface area contributed by atoms with Gasteiger partial charge in [0.1, 0.15) is 6.61 Å². The average molecular weight is 239 g/mol. The summed E-state index contributed by atoms with van der Waals surface area (Å²) in [5.74, 6) is 0. The van der Waals surface area contributed by atoms with E-state index in [0.717, 1.165) is 0 Å². The Hall–Kier alpha value is -0.500. The molecule has 15 heavy (non-hydrogen) atoms. The van der Waals surface area contributed by atoms with Crippen LogP contribution in [0.3, 0.4) is 0 Å². The summed E-state index contributed by atoms with van der Waals surface area (Å²) in [4.78, 5) is 0. The molecule has 0 heterocycles. The van der Waals surface area contributed by atoms with Crippen molar-refractivity contribution in [2.75, 3.05) is 6.61 Å². The Morgan fingerprint density at radius 1 is 1.13 bits per heavy atom. The van der Waals surface area contributed by atoms with Crippen LogP contribution in [-0.4, -0.2) is 31.1 Å². The second-order valence-electron chi connectivity index (χ2n) is 2.96. The van der Waals surface area contributed by atoms with Gasteiger partial charge in [-0.25, -0.2) is 0 Å². The van der Waals surface area contributed by atoms with Crippen molar-refractivity contribution in [2.24, 2.45) is 5.73 Å². The van der Waals surface area contributed by atoms with Gasteiger partial charge in [-0.1, -0.05) is 6.92 Å².